The van der Waals surface area contributed by atoms with Crippen molar-refractivity contribution in [1.82, 2.24) is 5.32 Å². The monoisotopic (exact) mass is 381 g/mol. The van der Waals surface area contributed by atoms with Crippen molar-refractivity contribution in [2.24, 2.45) is 0 Å². The lowest BCUT2D eigenvalue weighted by Gasteiger charge is -2.22. The number of nitrogens with one attached hydrogen (secondary N) is 1. The van der Waals surface area contributed by atoms with E-state index in [4.69, 9.17) is 9.47 Å². The molecule has 0 aromatic heterocycles. The zero-order valence-electron chi connectivity index (χ0n) is 16.8. The largest absolute Gasteiger partial charge is 0.494 e. The summed E-state index contributed by atoms with van der Waals surface area (Å²) in [6.45, 7) is 4.81. The lowest BCUT2D eigenvalue weighted by Crippen LogP contribution is -2.33. The first kappa shape index (κ1) is 20.4. The Morgan fingerprint density at radius 2 is 1.57 bits per heavy atom. The lowest BCUT2D eigenvalue weighted by molar-refractivity contribution is 0.0229. The highest BCUT2D eigenvalue weighted by Crippen LogP contribution is 2.23. The normalized spacial score (nSPS) is 14.6. The molecule has 0 bridgehead atoms. The van der Waals surface area contributed by atoms with Crippen molar-refractivity contribution in [3.8, 4) is 16.9 Å². The van der Waals surface area contributed by atoms with Crippen LogP contribution in [-0.2, 0) is 4.74 Å². The molecule has 1 saturated heterocycles. The third-order valence-electron chi connectivity index (χ3n) is 5.13. The van der Waals surface area contributed by atoms with Crippen LogP contribution in [-0.4, -0.2) is 31.8 Å². The second kappa shape index (κ2) is 10.9. The Hall–Kier alpha value is -2.33. The van der Waals surface area contributed by atoms with E-state index < -0.39 is 0 Å². The number of hydrogen-bond acceptors (Lipinski definition) is 4. The van der Waals surface area contributed by atoms with Crippen LogP contribution in [0.15, 0.2) is 48.5 Å². The number of unbranched alkanes of at least 4 members (excludes halogenated alkanes) is 3. The van der Waals surface area contributed by atoms with E-state index in [1.165, 1.54) is 19.3 Å². The summed E-state index contributed by atoms with van der Waals surface area (Å²) in [4.78, 5) is 12.3. The van der Waals surface area contributed by atoms with Crippen molar-refractivity contribution in [2.75, 3.05) is 19.7 Å². The van der Waals surface area contributed by atoms with Crippen molar-refractivity contribution in [3.05, 3.63) is 54.1 Å². The minimum absolute atomic E-state index is 0.0305. The van der Waals surface area contributed by atoms with Gasteiger partial charge in [-0.1, -0.05) is 50.5 Å². The molecular weight excluding hydrogens is 350 g/mol. The number of esters is 1. The van der Waals surface area contributed by atoms with Crippen LogP contribution in [0.3, 0.4) is 0 Å². The summed E-state index contributed by atoms with van der Waals surface area (Å²) in [6, 6.07) is 15.8. The number of carbonyl (C=O) groups excluding carboxylic acids is 1. The Kier molecular flexibility index (Phi) is 7.92. The first-order chi connectivity index (χ1) is 13.8. The van der Waals surface area contributed by atoms with Gasteiger partial charge in [-0.25, -0.2) is 4.79 Å². The predicted octanol–water partition coefficient (Wildman–Crippen LogP) is 5.22. The first-order valence-corrected chi connectivity index (χ1v) is 10.5. The zero-order valence-corrected chi connectivity index (χ0v) is 16.8. The highest BCUT2D eigenvalue weighted by molar-refractivity contribution is 5.90. The lowest BCUT2D eigenvalue weighted by atomic mass is 10.0. The summed E-state index contributed by atoms with van der Waals surface area (Å²) in [5.41, 5.74) is 2.79. The van der Waals surface area contributed by atoms with Crippen LogP contribution >= 0.6 is 0 Å². The first-order valence-electron chi connectivity index (χ1n) is 10.5. The number of benzene rings is 2. The average Bonchev–Trinajstić information content (AvgIpc) is 2.75. The maximum atomic E-state index is 12.3. The fourth-order valence-electron chi connectivity index (χ4n) is 3.39. The predicted molar refractivity (Wildman–Crippen MR) is 113 cm³/mol. The number of rotatable bonds is 9. The Morgan fingerprint density at radius 1 is 0.929 bits per heavy atom. The van der Waals surface area contributed by atoms with Crippen molar-refractivity contribution in [2.45, 2.75) is 51.6 Å². The van der Waals surface area contributed by atoms with Gasteiger partial charge in [0, 0.05) is 0 Å². The van der Waals surface area contributed by atoms with E-state index >= 15 is 0 Å². The molecule has 0 spiro atoms. The maximum absolute atomic E-state index is 12.3. The van der Waals surface area contributed by atoms with Gasteiger partial charge in [-0.05, 0) is 67.7 Å². The van der Waals surface area contributed by atoms with E-state index in [0.717, 1.165) is 55.8 Å². The van der Waals surface area contributed by atoms with Crippen molar-refractivity contribution >= 4 is 5.97 Å². The average molecular weight is 382 g/mol. The molecule has 1 aliphatic rings. The van der Waals surface area contributed by atoms with Crippen molar-refractivity contribution in [3.63, 3.8) is 0 Å². The molecule has 0 saturated carbocycles. The molecule has 2 aromatic rings. The SMILES string of the molecule is CCCCCCOc1ccc(-c2ccc(C(=O)OC3CCNCC3)cc2)cc1. The smallest absolute Gasteiger partial charge is 0.338 e. The van der Waals surface area contributed by atoms with Gasteiger partial charge in [0.05, 0.1) is 12.2 Å². The van der Waals surface area contributed by atoms with Crippen molar-refractivity contribution in [1.29, 1.82) is 0 Å². The zero-order chi connectivity index (χ0) is 19.6. The molecular formula is C24H31NO3. The highest BCUT2D eigenvalue weighted by Gasteiger charge is 2.18. The van der Waals surface area contributed by atoms with Gasteiger partial charge in [-0.2, -0.15) is 0 Å². The van der Waals surface area contributed by atoms with E-state index in [9.17, 15) is 4.79 Å². The van der Waals surface area contributed by atoms with Gasteiger partial charge in [-0.3, -0.25) is 0 Å². The Balaban J connectivity index is 1.52. The quantitative estimate of drug-likeness (QED) is 0.478. The van der Waals surface area contributed by atoms with E-state index in [0.29, 0.717) is 5.56 Å². The molecule has 4 nitrogen and oxygen atoms in total. The van der Waals surface area contributed by atoms with Crippen LogP contribution in [0.1, 0.15) is 55.8 Å². The standard InChI is InChI=1S/C24H31NO3/c1-2-3-4-5-18-27-22-12-10-20(11-13-22)19-6-8-21(9-7-19)24(26)28-23-14-16-25-17-15-23/h6-13,23,25H,2-5,14-18H2,1H3. The van der Waals surface area contributed by atoms with E-state index in [-0.39, 0.29) is 12.1 Å². The van der Waals surface area contributed by atoms with Crippen LogP contribution in [0.2, 0.25) is 0 Å². The molecule has 4 heteroatoms. The molecule has 150 valence electrons. The molecule has 0 aliphatic carbocycles. The number of piperidine rings is 1. The van der Waals surface area contributed by atoms with Gasteiger partial charge in [0.2, 0.25) is 0 Å². The fourth-order valence-corrected chi connectivity index (χ4v) is 3.39. The van der Waals surface area contributed by atoms with Gasteiger partial charge in [0.15, 0.2) is 0 Å². The van der Waals surface area contributed by atoms with Gasteiger partial charge < -0.3 is 14.8 Å². The van der Waals surface area contributed by atoms with Crippen molar-refractivity contribution < 1.29 is 14.3 Å². The maximum Gasteiger partial charge on any atom is 0.338 e. The Bertz CT molecular complexity index is 719. The van der Waals surface area contributed by atoms with Crippen LogP contribution < -0.4 is 10.1 Å². The molecule has 0 atom stereocenters. The molecule has 1 heterocycles. The topological polar surface area (TPSA) is 47.6 Å². The molecule has 2 aromatic carbocycles. The summed E-state index contributed by atoms with van der Waals surface area (Å²) < 4.78 is 11.4. The van der Waals surface area contributed by atoms with Crippen LogP contribution in [0, 0.1) is 0 Å². The Morgan fingerprint density at radius 3 is 2.21 bits per heavy atom. The molecule has 0 unspecified atom stereocenters. The molecule has 28 heavy (non-hydrogen) atoms. The van der Waals surface area contributed by atoms with Crippen LogP contribution in [0.25, 0.3) is 11.1 Å². The molecule has 0 radical (unpaired) electrons. The number of hydrogen-bond donors (Lipinski definition) is 1. The summed E-state index contributed by atoms with van der Waals surface area (Å²) in [5, 5.41) is 3.28. The van der Waals surface area contributed by atoms with Crippen LogP contribution in [0.5, 0.6) is 5.75 Å². The molecule has 0 amide bonds. The summed E-state index contributed by atoms with van der Waals surface area (Å²) in [5.74, 6) is 0.674. The molecule has 1 fully saturated rings. The number of ether oxygens (including phenoxy) is 2. The second-order valence-corrected chi connectivity index (χ2v) is 7.37. The minimum Gasteiger partial charge on any atom is -0.494 e. The third kappa shape index (κ3) is 6.10. The third-order valence-corrected chi connectivity index (χ3v) is 5.13. The van der Waals surface area contributed by atoms with Gasteiger partial charge in [0.1, 0.15) is 11.9 Å². The van der Waals surface area contributed by atoms with Gasteiger partial charge >= 0.3 is 5.97 Å². The molecule has 1 aliphatic heterocycles. The Labute approximate surface area is 168 Å². The van der Waals surface area contributed by atoms with Crippen LogP contribution in [0.4, 0.5) is 0 Å². The highest BCUT2D eigenvalue weighted by atomic mass is 16.5. The minimum atomic E-state index is -0.231. The summed E-state index contributed by atoms with van der Waals surface area (Å²) >= 11 is 0. The van der Waals surface area contributed by atoms with E-state index in [1.807, 2.05) is 36.4 Å². The summed E-state index contributed by atoms with van der Waals surface area (Å²) in [7, 11) is 0. The fraction of sp³-hybridized carbons (Fsp3) is 0.458. The van der Waals surface area contributed by atoms with E-state index in [2.05, 4.69) is 24.4 Å². The second-order valence-electron chi connectivity index (χ2n) is 7.37. The number of carbonyl (C=O) groups is 1. The molecule has 3 rings (SSSR count). The molecule has 1 N–H and O–H groups in total. The van der Waals surface area contributed by atoms with E-state index in [1.54, 1.807) is 0 Å². The van der Waals surface area contributed by atoms with Gasteiger partial charge in [-0.15, -0.1) is 0 Å². The van der Waals surface area contributed by atoms with Gasteiger partial charge in [0.25, 0.3) is 0 Å². The summed E-state index contributed by atoms with van der Waals surface area (Å²) in [6.07, 6.45) is 6.63.